The zero-order valence-corrected chi connectivity index (χ0v) is 18.3. The Bertz CT molecular complexity index is 723. The van der Waals surface area contributed by atoms with Crippen molar-refractivity contribution in [1.82, 2.24) is 0 Å². The minimum absolute atomic E-state index is 0. The van der Waals surface area contributed by atoms with Crippen LogP contribution in [-0.4, -0.2) is 52.8 Å². The molecule has 3 nitrogen and oxygen atoms in total. The predicted molar refractivity (Wildman–Crippen MR) is 105 cm³/mol. The van der Waals surface area contributed by atoms with Crippen LogP contribution in [-0.2, 0) is 14.3 Å². The molecule has 5 heteroatoms. The van der Waals surface area contributed by atoms with Crippen molar-refractivity contribution in [3.8, 4) is 0 Å². The third-order valence-corrected chi connectivity index (χ3v) is 5.63. The van der Waals surface area contributed by atoms with E-state index in [0.717, 1.165) is 30.0 Å². The Kier molecular flexibility index (Phi) is 11.3. The van der Waals surface area contributed by atoms with Crippen molar-refractivity contribution in [1.29, 1.82) is 0 Å². The molecule has 0 aliphatic rings. The van der Waals surface area contributed by atoms with Crippen LogP contribution in [0.5, 0.6) is 0 Å². The monoisotopic (exact) mass is 388 g/mol. The fourth-order valence-corrected chi connectivity index (χ4v) is 4.05. The fraction of sp³-hybridized carbons (Fsp3) is 0.500. The van der Waals surface area contributed by atoms with Gasteiger partial charge < -0.3 is 0 Å². The molecule has 2 aromatic carbocycles. The molecule has 0 unspecified atom stereocenters. The van der Waals surface area contributed by atoms with E-state index in [0.29, 0.717) is 0 Å². The second-order valence-corrected chi connectivity index (χ2v) is 7.81. The smallest absolute Gasteiger partial charge is 0.266 e. The zero-order chi connectivity index (χ0) is 17.3. The van der Waals surface area contributed by atoms with Crippen LogP contribution in [0, 0.1) is 0 Å². The van der Waals surface area contributed by atoms with Crippen LogP contribution >= 0.6 is 0 Å². The summed E-state index contributed by atoms with van der Waals surface area (Å²) in [6, 6.07) is 12.8. The normalized spacial score (nSPS) is 11.4. The minimum Gasteiger partial charge on any atom is -0.266 e. The molecule has 0 heterocycles. The van der Waals surface area contributed by atoms with E-state index in [1.165, 1.54) is 32.1 Å². The van der Waals surface area contributed by atoms with Gasteiger partial charge in [0.25, 0.3) is 10.1 Å². The van der Waals surface area contributed by atoms with Crippen LogP contribution in [0.25, 0.3) is 10.8 Å². The van der Waals surface area contributed by atoms with Gasteiger partial charge in [-0.3, -0.25) is 4.18 Å². The Hall–Kier alpha value is -0.130. The summed E-state index contributed by atoms with van der Waals surface area (Å²) in [4.78, 5) is 0.264. The van der Waals surface area contributed by atoms with E-state index >= 15 is 0 Å². The fourth-order valence-electron chi connectivity index (χ4n) is 2.88. The summed E-state index contributed by atoms with van der Waals surface area (Å²) in [5.41, 5.74) is 0. The molecule has 0 N–H and O–H groups in total. The first-order chi connectivity index (χ1) is 11.6. The largest absolute Gasteiger partial charge is 0.297 e. The summed E-state index contributed by atoms with van der Waals surface area (Å²) in [6.45, 7) is 2.48. The van der Waals surface area contributed by atoms with Crippen molar-refractivity contribution in [2.45, 2.75) is 63.2 Å². The van der Waals surface area contributed by atoms with Crippen molar-refractivity contribution < 1.29 is 12.6 Å². The summed E-state index contributed by atoms with van der Waals surface area (Å²) in [7, 11) is -3.69. The second kappa shape index (κ2) is 12.3. The van der Waals surface area contributed by atoms with Gasteiger partial charge in [-0.25, -0.2) is 0 Å². The van der Waals surface area contributed by atoms with Gasteiger partial charge in [0.1, 0.15) is 4.90 Å². The maximum absolute atomic E-state index is 12.4. The SMILES string of the molecule is CCCCCCCCCCOS(=O)(=O)c1cccc2ccccc12.[Ca]. The molecular weight excluding hydrogens is 360 g/mol. The topological polar surface area (TPSA) is 43.4 Å². The Morgan fingerprint density at radius 1 is 0.800 bits per heavy atom. The Labute approximate surface area is 182 Å². The van der Waals surface area contributed by atoms with Gasteiger partial charge >= 0.3 is 0 Å². The van der Waals surface area contributed by atoms with Gasteiger partial charge in [-0.15, -0.1) is 0 Å². The molecule has 0 fully saturated rings. The summed E-state index contributed by atoms with van der Waals surface area (Å²) >= 11 is 0. The van der Waals surface area contributed by atoms with Crippen LogP contribution < -0.4 is 0 Å². The molecule has 0 spiro atoms. The Balaban J connectivity index is 0.00000312. The van der Waals surface area contributed by atoms with Crippen LogP contribution in [0.3, 0.4) is 0 Å². The molecule has 0 aromatic heterocycles. The third-order valence-electron chi connectivity index (χ3n) is 4.26. The number of rotatable bonds is 11. The molecule has 134 valence electrons. The van der Waals surface area contributed by atoms with E-state index < -0.39 is 10.1 Å². The number of hydrogen-bond acceptors (Lipinski definition) is 3. The van der Waals surface area contributed by atoms with E-state index in [4.69, 9.17) is 4.18 Å². The second-order valence-electron chi connectivity index (χ2n) is 6.23. The zero-order valence-electron chi connectivity index (χ0n) is 15.2. The summed E-state index contributed by atoms with van der Waals surface area (Å²) < 4.78 is 30.1. The van der Waals surface area contributed by atoms with Gasteiger partial charge in [-0.05, 0) is 17.9 Å². The molecule has 2 aromatic rings. The molecule has 0 saturated heterocycles. The summed E-state index contributed by atoms with van der Waals surface area (Å²) in [6.07, 6.45) is 9.37. The van der Waals surface area contributed by atoms with Crippen molar-refractivity contribution in [2.24, 2.45) is 0 Å². The number of fused-ring (bicyclic) bond motifs is 1. The number of unbranched alkanes of at least 4 members (excludes halogenated alkanes) is 7. The van der Waals surface area contributed by atoms with E-state index in [9.17, 15) is 8.42 Å². The Morgan fingerprint density at radius 2 is 1.40 bits per heavy atom. The van der Waals surface area contributed by atoms with Crippen molar-refractivity contribution >= 4 is 58.6 Å². The van der Waals surface area contributed by atoms with Crippen molar-refractivity contribution in [3.05, 3.63) is 42.5 Å². The minimum atomic E-state index is -3.69. The van der Waals surface area contributed by atoms with Gasteiger partial charge in [-0.1, -0.05) is 88.3 Å². The van der Waals surface area contributed by atoms with Crippen LogP contribution in [0.2, 0.25) is 0 Å². The van der Waals surface area contributed by atoms with Gasteiger partial charge in [0.05, 0.1) is 6.61 Å². The number of benzene rings is 2. The van der Waals surface area contributed by atoms with Gasteiger partial charge in [0.15, 0.2) is 0 Å². The van der Waals surface area contributed by atoms with Crippen molar-refractivity contribution in [2.75, 3.05) is 6.61 Å². The van der Waals surface area contributed by atoms with Gasteiger partial charge in [-0.2, -0.15) is 8.42 Å². The average molecular weight is 389 g/mol. The molecular formula is C20H28CaO3S. The standard InChI is InChI=1S/C20H28O3S.Ca/c1-2-3-4-5-6-7-8-11-17-23-24(21,22)20-16-12-14-18-13-9-10-15-19(18)20;/h9-10,12-16H,2-8,11,17H2,1H3;. The summed E-state index contributed by atoms with van der Waals surface area (Å²) in [5, 5.41) is 1.63. The molecule has 25 heavy (non-hydrogen) atoms. The van der Waals surface area contributed by atoms with E-state index in [2.05, 4.69) is 6.92 Å². The molecule has 0 amide bonds. The number of hydrogen-bond donors (Lipinski definition) is 0. The van der Waals surface area contributed by atoms with Crippen LogP contribution in [0.15, 0.2) is 47.4 Å². The summed E-state index contributed by atoms with van der Waals surface area (Å²) in [5.74, 6) is 0. The Morgan fingerprint density at radius 3 is 2.12 bits per heavy atom. The third kappa shape index (κ3) is 7.56. The maximum Gasteiger partial charge on any atom is 0.297 e. The molecule has 2 rings (SSSR count). The van der Waals surface area contributed by atoms with Crippen LogP contribution in [0.4, 0.5) is 0 Å². The van der Waals surface area contributed by atoms with E-state index in [1.54, 1.807) is 12.1 Å². The molecule has 2 radical (unpaired) electrons. The first kappa shape index (κ1) is 22.9. The molecule has 0 bridgehead atoms. The maximum atomic E-state index is 12.4. The van der Waals surface area contributed by atoms with E-state index in [-0.39, 0.29) is 49.2 Å². The van der Waals surface area contributed by atoms with Gasteiger partial charge in [0.2, 0.25) is 0 Å². The quantitative estimate of drug-likeness (QED) is 0.298. The molecule has 0 saturated carbocycles. The van der Waals surface area contributed by atoms with E-state index in [1.807, 2.05) is 30.3 Å². The van der Waals surface area contributed by atoms with Crippen molar-refractivity contribution in [3.63, 3.8) is 0 Å². The molecule has 0 atom stereocenters. The van der Waals surface area contributed by atoms with Gasteiger partial charge in [0, 0.05) is 43.1 Å². The first-order valence-electron chi connectivity index (χ1n) is 9.02. The molecule has 0 aliphatic heterocycles. The first-order valence-corrected chi connectivity index (χ1v) is 10.4. The molecule has 0 aliphatic carbocycles. The average Bonchev–Trinajstić information content (AvgIpc) is 2.59. The van der Waals surface area contributed by atoms with Crippen LogP contribution in [0.1, 0.15) is 58.3 Å². The predicted octanol–water partition coefficient (Wildman–Crippen LogP) is 5.31.